The number of fused-ring (bicyclic) bond motifs is 2. The molecule has 3 rings (SSSR count). The average molecular weight is 367 g/mol. The molecule has 26 heavy (non-hydrogen) atoms. The maximum Gasteiger partial charge on any atom is 0.176 e. The van der Waals surface area contributed by atoms with E-state index in [0.717, 1.165) is 25.7 Å². The Hall–Kier alpha value is -0.420. The predicted molar refractivity (Wildman–Crippen MR) is 103 cm³/mol. The molecule has 4 nitrogen and oxygen atoms in total. The van der Waals surface area contributed by atoms with Crippen LogP contribution in [-0.2, 0) is 9.47 Å². The lowest BCUT2D eigenvalue weighted by Crippen LogP contribution is -2.73. The minimum Gasteiger partial charge on any atom is -0.393 e. The Bertz CT molecular complexity index is 485. The molecular weight excluding hydrogens is 328 g/mol. The van der Waals surface area contributed by atoms with Crippen molar-refractivity contribution < 1.29 is 19.7 Å². The summed E-state index contributed by atoms with van der Waals surface area (Å²) in [4.78, 5) is 0. The monoisotopic (exact) mass is 366 g/mol. The van der Waals surface area contributed by atoms with E-state index in [9.17, 15) is 10.2 Å². The third-order valence-corrected chi connectivity index (χ3v) is 7.36. The number of unbranched alkanes of at least 4 members (excludes halogenated alkanes) is 4. The van der Waals surface area contributed by atoms with Crippen LogP contribution in [0.2, 0.25) is 0 Å². The molecule has 0 aromatic carbocycles. The molecule has 3 aliphatic rings. The van der Waals surface area contributed by atoms with Gasteiger partial charge in [-0.1, -0.05) is 65.0 Å². The first-order valence-electron chi connectivity index (χ1n) is 10.8. The summed E-state index contributed by atoms with van der Waals surface area (Å²) in [5.74, 6) is 0.238. The summed E-state index contributed by atoms with van der Waals surface area (Å²) < 4.78 is 12.2. The second-order valence-electron chi connectivity index (χ2n) is 8.93. The van der Waals surface area contributed by atoms with Gasteiger partial charge in [-0.05, 0) is 25.2 Å². The van der Waals surface area contributed by atoms with Crippen molar-refractivity contribution in [2.24, 2.45) is 23.2 Å². The molecule has 1 unspecified atom stereocenters. The molecule has 0 aromatic heterocycles. The van der Waals surface area contributed by atoms with Crippen LogP contribution in [0.1, 0.15) is 72.1 Å². The summed E-state index contributed by atoms with van der Waals surface area (Å²) in [6, 6.07) is 0. The van der Waals surface area contributed by atoms with Crippen LogP contribution in [0.25, 0.3) is 0 Å². The van der Waals surface area contributed by atoms with Gasteiger partial charge >= 0.3 is 0 Å². The lowest BCUT2D eigenvalue weighted by Gasteiger charge is -2.68. The first-order chi connectivity index (χ1) is 12.5. The molecule has 1 heterocycles. The predicted octanol–water partition coefficient (Wildman–Crippen LogP) is 4.05. The summed E-state index contributed by atoms with van der Waals surface area (Å²) >= 11 is 0. The summed E-state index contributed by atoms with van der Waals surface area (Å²) in [7, 11) is 0. The van der Waals surface area contributed by atoms with Gasteiger partial charge in [0.25, 0.3) is 0 Å². The maximum absolute atomic E-state index is 10.6. The van der Waals surface area contributed by atoms with E-state index in [1.165, 1.54) is 25.7 Å². The Morgan fingerprint density at radius 1 is 1.15 bits per heavy atom. The first kappa shape index (κ1) is 20.3. The largest absolute Gasteiger partial charge is 0.393 e. The summed E-state index contributed by atoms with van der Waals surface area (Å²) in [6.07, 6.45) is 11.9. The number of aliphatic hydroxyl groups is 2. The number of aliphatic hydroxyl groups excluding tert-OH is 2. The molecule has 2 aliphatic carbocycles. The summed E-state index contributed by atoms with van der Waals surface area (Å²) in [5, 5.41) is 20.9. The second-order valence-corrected chi connectivity index (χ2v) is 8.93. The molecule has 1 aliphatic heterocycles. The Morgan fingerprint density at radius 2 is 1.85 bits per heavy atom. The zero-order valence-corrected chi connectivity index (χ0v) is 16.8. The summed E-state index contributed by atoms with van der Waals surface area (Å²) in [6.45, 7) is 8.02. The van der Waals surface area contributed by atoms with Crippen LogP contribution in [0, 0.1) is 23.2 Å². The van der Waals surface area contributed by atoms with Gasteiger partial charge in [0.05, 0.1) is 25.4 Å². The van der Waals surface area contributed by atoms with Crippen molar-refractivity contribution in [1.82, 2.24) is 0 Å². The van der Waals surface area contributed by atoms with E-state index in [1.54, 1.807) is 0 Å². The molecule has 0 bridgehead atoms. The molecule has 6 atom stereocenters. The van der Waals surface area contributed by atoms with Gasteiger partial charge in [0.1, 0.15) is 0 Å². The van der Waals surface area contributed by atoms with Gasteiger partial charge in [-0.3, -0.25) is 0 Å². The van der Waals surface area contributed by atoms with Crippen LogP contribution in [0.3, 0.4) is 0 Å². The van der Waals surface area contributed by atoms with Crippen molar-refractivity contribution in [1.29, 1.82) is 0 Å². The smallest absolute Gasteiger partial charge is 0.176 e. The second kappa shape index (κ2) is 8.30. The van der Waals surface area contributed by atoms with Gasteiger partial charge in [0.15, 0.2) is 5.79 Å². The molecule has 1 saturated heterocycles. The highest BCUT2D eigenvalue weighted by atomic mass is 16.7. The van der Waals surface area contributed by atoms with Gasteiger partial charge in [-0.25, -0.2) is 0 Å². The molecule has 150 valence electrons. The highest BCUT2D eigenvalue weighted by Gasteiger charge is 2.74. The Balaban J connectivity index is 1.58. The van der Waals surface area contributed by atoms with Crippen molar-refractivity contribution in [3.8, 4) is 0 Å². The van der Waals surface area contributed by atoms with Gasteiger partial charge in [0, 0.05) is 17.3 Å². The van der Waals surface area contributed by atoms with Gasteiger partial charge in [0.2, 0.25) is 0 Å². The van der Waals surface area contributed by atoms with E-state index in [4.69, 9.17) is 9.47 Å². The zero-order valence-electron chi connectivity index (χ0n) is 16.8. The van der Waals surface area contributed by atoms with Crippen molar-refractivity contribution in [2.45, 2.75) is 90.1 Å². The Kier molecular flexibility index (Phi) is 6.49. The van der Waals surface area contributed by atoms with Crippen molar-refractivity contribution in [3.05, 3.63) is 12.2 Å². The van der Waals surface area contributed by atoms with E-state index in [0.29, 0.717) is 19.1 Å². The molecule has 1 spiro atoms. The summed E-state index contributed by atoms with van der Waals surface area (Å²) in [5.41, 5.74) is -0.0394. The first-order valence-corrected chi connectivity index (χ1v) is 10.8. The molecule has 2 saturated carbocycles. The number of ether oxygens (including phenoxy) is 2. The minimum absolute atomic E-state index is 0.0394. The van der Waals surface area contributed by atoms with Crippen LogP contribution in [-0.4, -0.2) is 41.4 Å². The standard InChI is InChI=1S/C22H38O4/c1-4-5-6-7-8-9-17(23)10-11-18-19(24)12-13-21(3)20(18)16(2)22(21)25-14-15-26-22/h10-11,16-20,23-24H,4-9,12-15H2,1-3H3/b11-10+/t16?,17-,18+,19-,20-,21+/m0/s1. The fraction of sp³-hybridized carbons (Fsp3) is 0.909. The fourth-order valence-electron chi connectivity index (χ4n) is 6.00. The maximum atomic E-state index is 10.6. The van der Waals surface area contributed by atoms with Crippen LogP contribution >= 0.6 is 0 Å². The van der Waals surface area contributed by atoms with E-state index in [-0.39, 0.29) is 23.4 Å². The number of hydrogen-bond donors (Lipinski definition) is 2. The third kappa shape index (κ3) is 3.39. The Morgan fingerprint density at radius 3 is 2.54 bits per heavy atom. The van der Waals surface area contributed by atoms with E-state index >= 15 is 0 Å². The molecule has 0 aromatic rings. The fourth-order valence-corrected chi connectivity index (χ4v) is 6.00. The van der Waals surface area contributed by atoms with E-state index < -0.39 is 11.9 Å². The lowest BCUT2D eigenvalue weighted by molar-refractivity contribution is -0.380. The van der Waals surface area contributed by atoms with E-state index in [2.05, 4.69) is 26.8 Å². The van der Waals surface area contributed by atoms with Gasteiger partial charge < -0.3 is 19.7 Å². The van der Waals surface area contributed by atoms with Crippen molar-refractivity contribution >= 4 is 0 Å². The minimum atomic E-state index is -0.457. The lowest BCUT2D eigenvalue weighted by atomic mass is 9.42. The van der Waals surface area contributed by atoms with Gasteiger partial charge in [-0.15, -0.1) is 0 Å². The molecule has 0 amide bonds. The third-order valence-electron chi connectivity index (χ3n) is 7.36. The highest BCUT2D eigenvalue weighted by molar-refractivity contribution is 5.20. The SMILES string of the molecule is CCCCCCC[C@H](O)/C=C/[C@@H]1[C@@H](O)CC[C@]2(C)[C@H]1C(C)C21OCCO1. The van der Waals surface area contributed by atoms with Crippen LogP contribution in [0.15, 0.2) is 12.2 Å². The molecular formula is C22H38O4. The normalized spacial score (nSPS) is 39.9. The number of hydrogen-bond acceptors (Lipinski definition) is 4. The Labute approximate surface area is 159 Å². The van der Waals surface area contributed by atoms with Crippen molar-refractivity contribution in [3.63, 3.8) is 0 Å². The molecule has 4 heteroatoms. The van der Waals surface area contributed by atoms with Crippen LogP contribution in [0.5, 0.6) is 0 Å². The molecule has 2 N–H and O–H groups in total. The van der Waals surface area contributed by atoms with E-state index in [1.807, 2.05) is 6.08 Å². The topological polar surface area (TPSA) is 58.9 Å². The average Bonchev–Trinajstić information content (AvgIpc) is 3.15. The number of rotatable bonds is 8. The van der Waals surface area contributed by atoms with Gasteiger partial charge in [-0.2, -0.15) is 0 Å². The molecule has 0 radical (unpaired) electrons. The molecule has 3 fully saturated rings. The quantitative estimate of drug-likeness (QED) is 0.503. The highest BCUT2D eigenvalue weighted by Crippen LogP contribution is 2.69. The van der Waals surface area contributed by atoms with Crippen molar-refractivity contribution in [2.75, 3.05) is 13.2 Å². The zero-order chi connectivity index (χ0) is 18.8. The van der Waals surface area contributed by atoms with Crippen LogP contribution < -0.4 is 0 Å². The van der Waals surface area contributed by atoms with Crippen LogP contribution in [0.4, 0.5) is 0 Å².